The van der Waals surface area contributed by atoms with Crippen molar-refractivity contribution < 1.29 is 9.18 Å². The van der Waals surface area contributed by atoms with E-state index in [9.17, 15) is 9.18 Å². The van der Waals surface area contributed by atoms with E-state index >= 15 is 0 Å². The molecule has 5 nitrogen and oxygen atoms in total. The summed E-state index contributed by atoms with van der Waals surface area (Å²) in [7, 11) is 0. The van der Waals surface area contributed by atoms with Gasteiger partial charge < -0.3 is 10.6 Å². The second-order valence-electron chi connectivity index (χ2n) is 5.15. The molecule has 2 aromatic rings. The van der Waals surface area contributed by atoms with Gasteiger partial charge in [-0.3, -0.25) is 4.79 Å². The van der Waals surface area contributed by atoms with E-state index in [4.69, 9.17) is 5.73 Å². The minimum Gasteiger partial charge on any atom is -0.333 e. The number of amides is 1. The van der Waals surface area contributed by atoms with Gasteiger partial charge in [-0.2, -0.15) is 5.10 Å². The molecule has 7 heteroatoms. The molecule has 1 fully saturated rings. The van der Waals surface area contributed by atoms with Crippen molar-refractivity contribution in [3.8, 4) is 5.69 Å². The summed E-state index contributed by atoms with van der Waals surface area (Å²) in [5, 5.41) is 4.29. The number of nitrogens with two attached hydrogens (primary N) is 1. The standard InChI is InChI=1S/C15H17FN4O.ClH/c16-11-3-5-12(6-4-11)20-9-7-14(18-20)15(21)19-8-1-2-13(19)10-17;/h3-7,9,13H,1-2,8,10,17H2;1H. The van der Waals surface area contributed by atoms with Gasteiger partial charge in [0.1, 0.15) is 5.82 Å². The number of hydrogen-bond acceptors (Lipinski definition) is 3. The van der Waals surface area contributed by atoms with Gasteiger partial charge in [0.05, 0.1) is 5.69 Å². The highest BCUT2D eigenvalue weighted by Crippen LogP contribution is 2.19. The van der Waals surface area contributed by atoms with Crippen LogP contribution in [0.15, 0.2) is 36.5 Å². The highest BCUT2D eigenvalue weighted by molar-refractivity contribution is 5.92. The molecular formula is C15H18ClFN4O. The van der Waals surface area contributed by atoms with Gasteiger partial charge in [0, 0.05) is 25.3 Å². The summed E-state index contributed by atoms with van der Waals surface area (Å²) in [5.74, 6) is -0.395. The summed E-state index contributed by atoms with van der Waals surface area (Å²) < 4.78 is 14.5. The highest BCUT2D eigenvalue weighted by Gasteiger charge is 2.29. The van der Waals surface area contributed by atoms with Gasteiger partial charge in [0.2, 0.25) is 0 Å². The minimum absolute atomic E-state index is 0. The van der Waals surface area contributed by atoms with E-state index < -0.39 is 0 Å². The lowest BCUT2D eigenvalue weighted by molar-refractivity contribution is 0.0734. The number of halogens is 2. The van der Waals surface area contributed by atoms with E-state index in [1.165, 1.54) is 12.1 Å². The first-order chi connectivity index (χ1) is 10.2. The Balaban J connectivity index is 0.00000176. The molecule has 118 valence electrons. The van der Waals surface area contributed by atoms with Gasteiger partial charge in [-0.15, -0.1) is 12.4 Å². The van der Waals surface area contributed by atoms with Crippen LogP contribution in [0.25, 0.3) is 5.69 Å². The Hall–Kier alpha value is -1.92. The molecule has 0 aliphatic carbocycles. The van der Waals surface area contributed by atoms with Crippen molar-refractivity contribution >= 4 is 18.3 Å². The van der Waals surface area contributed by atoms with Crippen LogP contribution in [-0.4, -0.2) is 39.7 Å². The Morgan fingerprint density at radius 3 is 2.73 bits per heavy atom. The highest BCUT2D eigenvalue weighted by atomic mass is 35.5. The van der Waals surface area contributed by atoms with Crippen LogP contribution in [0.4, 0.5) is 4.39 Å². The number of likely N-dealkylation sites (tertiary alicyclic amines) is 1. The van der Waals surface area contributed by atoms with Gasteiger partial charge in [-0.25, -0.2) is 9.07 Å². The molecule has 0 radical (unpaired) electrons. The van der Waals surface area contributed by atoms with Crippen molar-refractivity contribution in [2.24, 2.45) is 5.73 Å². The van der Waals surface area contributed by atoms with Crippen LogP contribution in [-0.2, 0) is 0 Å². The van der Waals surface area contributed by atoms with E-state index in [0.29, 0.717) is 17.9 Å². The first kappa shape index (κ1) is 16.5. The second kappa shape index (κ2) is 6.89. The lowest BCUT2D eigenvalue weighted by Crippen LogP contribution is -2.40. The molecule has 3 rings (SSSR count). The summed E-state index contributed by atoms with van der Waals surface area (Å²) >= 11 is 0. The van der Waals surface area contributed by atoms with Crippen molar-refractivity contribution in [2.45, 2.75) is 18.9 Å². The molecule has 2 heterocycles. The SMILES string of the molecule is Cl.NCC1CCCN1C(=O)c1ccn(-c2ccc(F)cc2)n1. The lowest BCUT2D eigenvalue weighted by atomic mass is 10.2. The van der Waals surface area contributed by atoms with Crippen molar-refractivity contribution in [1.29, 1.82) is 0 Å². The topological polar surface area (TPSA) is 64.2 Å². The number of hydrogen-bond donors (Lipinski definition) is 1. The quantitative estimate of drug-likeness (QED) is 0.939. The van der Waals surface area contributed by atoms with Crippen LogP contribution in [0.2, 0.25) is 0 Å². The van der Waals surface area contributed by atoms with Crippen LogP contribution >= 0.6 is 12.4 Å². The van der Waals surface area contributed by atoms with Crippen LogP contribution in [0.3, 0.4) is 0 Å². The number of benzene rings is 1. The first-order valence-electron chi connectivity index (χ1n) is 7.01. The molecule has 2 N–H and O–H groups in total. The zero-order chi connectivity index (χ0) is 14.8. The van der Waals surface area contributed by atoms with E-state index in [1.807, 2.05) is 0 Å². The van der Waals surface area contributed by atoms with E-state index in [-0.39, 0.29) is 30.2 Å². The zero-order valence-electron chi connectivity index (χ0n) is 12.0. The van der Waals surface area contributed by atoms with Crippen molar-refractivity contribution in [2.75, 3.05) is 13.1 Å². The predicted octanol–water partition coefficient (Wildman–Crippen LogP) is 2.00. The van der Waals surface area contributed by atoms with E-state index in [2.05, 4.69) is 5.10 Å². The number of rotatable bonds is 3. The fourth-order valence-electron chi connectivity index (χ4n) is 2.67. The molecule has 1 aromatic heterocycles. The summed E-state index contributed by atoms with van der Waals surface area (Å²) in [5.41, 5.74) is 6.80. The van der Waals surface area contributed by atoms with E-state index in [1.54, 1.807) is 34.0 Å². The first-order valence-corrected chi connectivity index (χ1v) is 7.01. The van der Waals surface area contributed by atoms with Crippen LogP contribution in [0, 0.1) is 5.82 Å². The maximum Gasteiger partial charge on any atom is 0.274 e. The molecular weight excluding hydrogens is 307 g/mol. The number of aromatic nitrogens is 2. The number of carbonyl (C=O) groups is 1. The Bertz CT molecular complexity index is 643. The van der Waals surface area contributed by atoms with Gasteiger partial charge in [0.15, 0.2) is 5.69 Å². The molecule has 1 atom stereocenters. The Morgan fingerprint density at radius 1 is 1.32 bits per heavy atom. The third-order valence-corrected chi connectivity index (χ3v) is 3.81. The Morgan fingerprint density at radius 2 is 2.05 bits per heavy atom. The zero-order valence-corrected chi connectivity index (χ0v) is 12.8. The summed E-state index contributed by atoms with van der Waals surface area (Å²) in [4.78, 5) is 14.2. The lowest BCUT2D eigenvalue weighted by Gasteiger charge is -2.22. The average Bonchev–Trinajstić information content (AvgIpc) is 3.16. The molecule has 0 saturated carbocycles. The fraction of sp³-hybridized carbons (Fsp3) is 0.333. The summed E-state index contributed by atoms with van der Waals surface area (Å²) in [6.45, 7) is 1.20. The van der Waals surface area contributed by atoms with Crippen LogP contribution in [0.5, 0.6) is 0 Å². The molecule has 1 amide bonds. The maximum atomic E-state index is 12.9. The fourth-order valence-corrected chi connectivity index (χ4v) is 2.67. The van der Waals surface area contributed by atoms with Gasteiger partial charge in [-0.05, 0) is 43.2 Å². The molecule has 1 aliphatic heterocycles. The Labute approximate surface area is 134 Å². The van der Waals surface area contributed by atoms with Crippen molar-refractivity contribution in [1.82, 2.24) is 14.7 Å². The largest absolute Gasteiger partial charge is 0.333 e. The molecule has 1 aromatic carbocycles. The van der Waals surface area contributed by atoms with E-state index in [0.717, 1.165) is 19.4 Å². The molecule has 0 spiro atoms. The molecule has 0 bridgehead atoms. The smallest absolute Gasteiger partial charge is 0.274 e. The van der Waals surface area contributed by atoms with Gasteiger partial charge in [-0.1, -0.05) is 0 Å². The summed E-state index contributed by atoms with van der Waals surface area (Å²) in [6.07, 6.45) is 3.63. The molecule has 1 saturated heterocycles. The average molecular weight is 325 g/mol. The number of carbonyl (C=O) groups excluding carboxylic acids is 1. The normalized spacial score (nSPS) is 17.4. The molecule has 1 aliphatic rings. The molecule has 22 heavy (non-hydrogen) atoms. The van der Waals surface area contributed by atoms with Gasteiger partial charge >= 0.3 is 0 Å². The van der Waals surface area contributed by atoms with Crippen molar-refractivity contribution in [3.63, 3.8) is 0 Å². The summed E-state index contributed by atoms with van der Waals surface area (Å²) in [6, 6.07) is 7.75. The second-order valence-corrected chi connectivity index (χ2v) is 5.15. The molecule has 1 unspecified atom stereocenters. The maximum absolute atomic E-state index is 12.9. The van der Waals surface area contributed by atoms with Gasteiger partial charge in [0.25, 0.3) is 5.91 Å². The Kier molecular flexibility index (Phi) is 5.15. The third kappa shape index (κ3) is 3.13. The van der Waals surface area contributed by atoms with Crippen LogP contribution in [0.1, 0.15) is 23.3 Å². The minimum atomic E-state index is -0.301. The third-order valence-electron chi connectivity index (χ3n) is 3.81. The predicted molar refractivity (Wildman–Crippen MR) is 83.9 cm³/mol. The van der Waals surface area contributed by atoms with Crippen LogP contribution < -0.4 is 5.73 Å². The van der Waals surface area contributed by atoms with Crippen molar-refractivity contribution in [3.05, 3.63) is 48.0 Å². The monoisotopic (exact) mass is 324 g/mol. The number of nitrogens with zero attached hydrogens (tertiary/aromatic N) is 3.